The molecule has 1 heterocycles. The minimum Gasteiger partial charge on any atom is -0.495 e. The van der Waals surface area contributed by atoms with Crippen LogP contribution in [0.25, 0.3) is 0 Å². The van der Waals surface area contributed by atoms with Gasteiger partial charge in [-0.25, -0.2) is 0 Å². The SMILES string of the molecule is COc1cc2c(cc1S(C)=O)NCCCC2. The van der Waals surface area contributed by atoms with E-state index in [2.05, 4.69) is 5.32 Å². The van der Waals surface area contributed by atoms with E-state index in [-0.39, 0.29) is 0 Å². The molecule has 1 unspecified atom stereocenters. The lowest BCUT2D eigenvalue weighted by atomic mass is 10.1. The van der Waals surface area contributed by atoms with E-state index in [1.54, 1.807) is 13.4 Å². The van der Waals surface area contributed by atoms with Gasteiger partial charge in [-0.3, -0.25) is 4.21 Å². The molecule has 0 aliphatic carbocycles. The summed E-state index contributed by atoms with van der Waals surface area (Å²) in [6.07, 6.45) is 5.12. The first-order valence-corrected chi connectivity index (χ1v) is 7.06. The number of ether oxygens (including phenoxy) is 1. The Morgan fingerprint density at radius 1 is 1.38 bits per heavy atom. The fraction of sp³-hybridized carbons (Fsp3) is 0.500. The zero-order valence-electron chi connectivity index (χ0n) is 9.71. The molecule has 88 valence electrons. The molecule has 0 amide bonds. The summed E-state index contributed by atoms with van der Waals surface area (Å²) in [4.78, 5) is 0.774. The van der Waals surface area contributed by atoms with Crippen LogP contribution < -0.4 is 10.1 Å². The van der Waals surface area contributed by atoms with Crippen molar-refractivity contribution < 1.29 is 8.95 Å². The van der Waals surface area contributed by atoms with E-state index in [1.807, 2.05) is 12.1 Å². The highest BCUT2D eigenvalue weighted by Gasteiger charge is 2.14. The molecule has 1 atom stereocenters. The van der Waals surface area contributed by atoms with Gasteiger partial charge in [-0.2, -0.15) is 0 Å². The van der Waals surface area contributed by atoms with E-state index in [1.165, 1.54) is 18.4 Å². The number of fused-ring (bicyclic) bond motifs is 1. The Morgan fingerprint density at radius 3 is 2.88 bits per heavy atom. The largest absolute Gasteiger partial charge is 0.495 e. The fourth-order valence-corrected chi connectivity index (χ4v) is 2.73. The minimum absolute atomic E-state index is 0.739. The number of nitrogens with one attached hydrogen (secondary N) is 1. The van der Waals surface area contributed by atoms with Crippen LogP contribution in [0.2, 0.25) is 0 Å². The van der Waals surface area contributed by atoms with Crippen molar-refractivity contribution in [1.82, 2.24) is 0 Å². The Hall–Kier alpha value is -1.03. The molecule has 0 saturated heterocycles. The van der Waals surface area contributed by atoms with Crippen LogP contribution in [0.15, 0.2) is 17.0 Å². The van der Waals surface area contributed by atoms with Gasteiger partial charge in [0.05, 0.1) is 22.8 Å². The summed E-state index contributed by atoms with van der Waals surface area (Å²) < 4.78 is 16.9. The molecule has 2 rings (SSSR count). The van der Waals surface area contributed by atoms with Gasteiger partial charge < -0.3 is 10.1 Å². The predicted octanol–water partition coefficient (Wildman–Crippen LogP) is 2.18. The van der Waals surface area contributed by atoms with Crippen LogP contribution in [0, 0.1) is 0 Å². The smallest absolute Gasteiger partial charge is 0.135 e. The number of hydrogen-bond donors (Lipinski definition) is 1. The summed E-state index contributed by atoms with van der Waals surface area (Å²) in [5.41, 5.74) is 2.38. The predicted molar refractivity (Wildman–Crippen MR) is 66.8 cm³/mol. The second kappa shape index (κ2) is 4.87. The number of anilines is 1. The van der Waals surface area contributed by atoms with Gasteiger partial charge in [0.1, 0.15) is 5.75 Å². The third kappa shape index (κ3) is 2.21. The number of aryl methyl sites for hydroxylation is 1. The lowest BCUT2D eigenvalue weighted by Crippen LogP contribution is -2.02. The van der Waals surface area contributed by atoms with E-state index in [0.717, 1.165) is 29.3 Å². The highest BCUT2D eigenvalue weighted by atomic mass is 32.2. The number of methoxy groups -OCH3 is 1. The monoisotopic (exact) mass is 239 g/mol. The van der Waals surface area contributed by atoms with Crippen LogP contribution in [-0.4, -0.2) is 24.1 Å². The molecule has 0 spiro atoms. The number of hydrogen-bond acceptors (Lipinski definition) is 3. The molecule has 16 heavy (non-hydrogen) atoms. The van der Waals surface area contributed by atoms with Crippen molar-refractivity contribution in [2.45, 2.75) is 24.2 Å². The van der Waals surface area contributed by atoms with Crippen molar-refractivity contribution in [3.63, 3.8) is 0 Å². The molecule has 1 aromatic carbocycles. The summed E-state index contributed by atoms with van der Waals surface area (Å²) in [7, 11) is 0.618. The summed E-state index contributed by atoms with van der Waals surface area (Å²) in [6.45, 7) is 0.995. The van der Waals surface area contributed by atoms with E-state index < -0.39 is 10.8 Å². The Morgan fingerprint density at radius 2 is 2.19 bits per heavy atom. The van der Waals surface area contributed by atoms with Crippen molar-refractivity contribution in [1.29, 1.82) is 0 Å². The van der Waals surface area contributed by atoms with Gasteiger partial charge in [-0.05, 0) is 37.0 Å². The standard InChI is InChI=1S/C12H17NO2S/c1-15-11-7-9-5-3-4-6-13-10(9)8-12(11)16(2)14/h7-8,13H,3-6H2,1-2H3. The molecule has 1 aliphatic rings. The van der Waals surface area contributed by atoms with Crippen molar-refractivity contribution >= 4 is 16.5 Å². The maximum Gasteiger partial charge on any atom is 0.135 e. The maximum atomic E-state index is 11.6. The maximum absolute atomic E-state index is 11.6. The summed E-state index contributed by atoms with van der Waals surface area (Å²) in [5, 5.41) is 3.38. The molecule has 0 bridgehead atoms. The van der Waals surface area contributed by atoms with Gasteiger partial charge in [0.15, 0.2) is 0 Å². The van der Waals surface area contributed by atoms with Crippen LogP contribution >= 0.6 is 0 Å². The summed E-state index contributed by atoms with van der Waals surface area (Å²) >= 11 is 0. The van der Waals surface area contributed by atoms with Crippen LogP contribution in [0.5, 0.6) is 5.75 Å². The van der Waals surface area contributed by atoms with Crippen LogP contribution in [0.4, 0.5) is 5.69 Å². The average molecular weight is 239 g/mol. The Labute approximate surface area is 98.7 Å². The Kier molecular flexibility index (Phi) is 3.49. The van der Waals surface area contributed by atoms with Gasteiger partial charge in [-0.1, -0.05) is 0 Å². The third-order valence-electron chi connectivity index (χ3n) is 2.89. The van der Waals surface area contributed by atoms with Crippen LogP contribution in [0.1, 0.15) is 18.4 Å². The van der Waals surface area contributed by atoms with E-state index in [4.69, 9.17) is 4.74 Å². The van der Waals surface area contributed by atoms with Crippen molar-refractivity contribution in [2.75, 3.05) is 25.2 Å². The molecular formula is C12H17NO2S. The van der Waals surface area contributed by atoms with E-state index in [9.17, 15) is 4.21 Å². The second-order valence-electron chi connectivity index (χ2n) is 4.00. The van der Waals surface area contributed by atoms with Gasteiger partial charge >= 0.3 is 0 Å². The summed E-state index contributed by atoms with van der Waals surface area (Å²) in [5.74, 6) is 0.739. The lowest BCUT2D eigenvalue weighted by molar-refractivity contribution is 0.403. The average Bonchev–Trinajstić information content (AvgIpc) is 2.51. The molecule has 3 nitrogen and oxygen atoms in total. The topological polar surface area (TPSA) is 38.3 Å². The van der Waals surface area contributed by atoms with E-state index >= 15 is 0 Å². The molecule has 1 aromatic rings. The van der Waals surface area contributed by atoms with Crippen molar-refractivity contribution in [2.24, 2.45) is 0 Å². The molecule has 0 aromatic heterocycles. The number of benzene rings is 1. The molecule has 0 fully saturated rings. The van der Waals surface area contributed by atoms with Crippen LogP contribution in [-0.2, 0) is 17.2 Å². The molecular weight excluding hydrogens is 222 g/mol. The number of rotatable bonds is 2. The highest BCUT2D eigenvalue weighted by Crippen LogP contribution is 2.31. The Balaban J connectivity index is 2.48. The first-order chi connectivity index (χ1) is 7.72. The Bertz CT molecular complexity index is 418. The minimum atomic E-state index is -1.01. The molecule has 1 N–H and O–H groups in total. The fourth-order valence-electron chi connectivity index (χ4n) is 2.02. The van der Waals surface area contributed by atoms with Crippen LogP contribution in [0.3, 0.4) is 0 Å². The lowest BCUT2D eigenvalue weighted by Gasteiger charge is -2.13. The highest BCUT2D eigenvalue weighted by molar-refractivity contribution is 7.84. The molecule has 0 radical (unpaired) electrons. The van der Waals surface area contributed by atoms with Crippen molar-refractivity contribution in [3.05, 3.63) is 17.7 Å². The van der Waals surface area contributed by atoms with E-state index in [0.29, 0.717) is 0 Å². The zero-order chi connectivity index (χ0) is 11.5. The van der Waals surface area contributed by atoms with Crippen molar-refractivity contribution in [3.8, 4) is 5.75 Å². The second-order valence-corrected chi connectivity index (χ2v) is 5.35. The quantitative estimate of drug-likeness (QED) is 0.859. The van der Waals surface area contributed by atoms with Gasteiger partial charge in [0.25, 0.3) is 0 Å². The summed E-state index contributed by atoms with van der Waals surface area (Å²) in [6, 6.07) is 3.99. The van der Waals surface area contributed by atoms with Gasteiger partial charge in [0.2, 0.25) is 0 Å². The third-order valence-corrected chi connectivity index (χ3v) is 3.83. The van der Waals surface area contributed by atoms with Gasteiger partial charge in [-0.15, -0.1) is 0 Å². The first-order valence-electron chi connectivity index (χ1n) is 5.50. The normalized spacial score (nSPS) is 16.9. The molecule has 0 saturated carbocycles. The zero-order valence-corrected chi connectivity index (χ0v) is 10.5. The van der Waals surface area contributed by atoms with Gasteiger partial charge in [0, 0.05) is 18.5 Å². The molecule has 1 aliphatic heterocycles. The first kappa shape index (κ1) is 11.5. The molecule has 4 heteroatoms.